The number of cyclic esters (lactones) is 1. The van der Waals surface area contributed by atoms with Crippen LogP contribution in [0.1, 0.15) is 25.7 Å². The molecule has 0 bridgehead atoms. The zero-order valence-electron chi connectivity index (χ0n) is 11.5. The predicted molar refractivity (Wildman–Crippen MR) is 75.3 cm³/mol. The van der Waals surface area contributed by atoms with Crippen LogP contribution in [-0.4, -0.2) is 66.1 Å². The van der Waals surface area contributed by atoms with E-state index in [1.54, 1.807) is 11.8 Å². The van der Waals surface area contributed by atoms with E-state index in [0.717, 1.165) is 44.6 Å². The van der Waals surface area contributed by atoms with E-state index >= 15 is 0 Å². The van der Waals surface area contributed by atoms with Crippen molar-refractivity contribution in [3.63, 3.8) is 0 Å². The van der Waals surface area contributed by atoms with Crippen LogP contribution in [0.4, 0.5) is 4.79 Å². The van der Waals surface area contributed by atoms with Gasteiger partial charge in [0.2, 0.25) is 5.91 Å². The van der Waals surface area contributed by atoms with Gasteiger partial charge >= 0.3 is 6.09 Å². The first-order chi connectivity index (χ1) is 9.22. The summed E-state index contributed by atoms with van der Waals surface area (Å²) in [5.41, 5.74) is 0. The predicted octanol–water partition coefficient (Wildman–Crippen LogP) is 1.57. The zero-order chi connectivity index (χ0) is 13.7. The number of likely N-dealkylation sites (tertiary alicyclic amines) is 1. The molecule has 2 heterocycles. The van der Waals surface area contributed by atoms with Crippen molar-refractivity contribution in [2.45, 2.75) is 31.7 Å². The van der Waals surface area contributed by atoms with Crippen LogP contribution in [0, 0.1) is 0 Å². The van der Waals surface area contributed by atoms with Crippen molar-refractivity contribution in [2.24, 2.45) is 0 Å². The second-order valence-electron chi connectivity index (χ2n) is 5.02. The Morgan fingerprint density at radius 3 is 2.74 bits per heavy atom. The van der Waals surface area contributed by atoms with Gasteiger partial charge in [0.15, 0.2) is 0 Å². The maximum Gasteiger partial charge on any atom is 0.410 e. The molecule has 0 aromatic carbocycles. The number of amides is 2. The standard InChI is InChI=1S/C13H22N2O3S/c1-19-10-5-12(16)14-7-3-11(4-8-14)15-6-2-9-18-13(15)17/h11H,2-10H2,1H3. The normalized spacial score (nSPS) is 21.4. The molecular weight excluding hydrogens is 264 g/mol. The van der Waals surface area contributed by atoms with Gasteiger partial charge in [-0.15, -0.1) is 0 Å². The van der Waals surface area contributed by atoms with E-state index < -0.39 is 0 Å². The van der Waals surface area contributed by atoms with Gasteiger partial charge in [-0.05, 0) is 25.5 Å². The number of ether oxygens (including phenoxy) is 1. The molecule has 108 valence electrons. The van der Waals surface area contributed by atoms with Gasteiger partial charge < -0.3 is 14.5 Å². The summed E-state index contributed by atoms with van der Waals surface area (Å²) >= 11 is 1.70. The molecule has 0 aromatic rings. The van der Waals surface area contributed by atoms with Crippen molar-refractivity contribution < 1.29 is 14.3 Å². The number of thioether (sulfide) groups is 1. The molecule has 2 fully saturated rings. The molecule has 2 saturated heterocycles. The van der Waals surface area contributed by atoms with E-state index in [0.29, 0.717) is 13.0 Å². The first-order valence-electron chi connectivity index (χ1n) is 6.92. The smallest absolute Gasteiger partial charge is 0.410 e. The highest BCUT2D eigenvalue weighted by Gasteiger charge is 2.31. The number of hydrogen-bond acceptors (Lipinski definition) is 4. The monoisotopic (exact) mass is 286 g/mol. The van der Waals surface area contributed by atoms with Crippen LogP contribution in [0.2, 0.25) is 0 Å². The van der Waals surface area contributed by atoms with Crippen LogP contribution in [0.3, 0.4) is 0 Å². The van der Waals surface area contributed by atoms with Crippen molar-refractivity contribution in [1.82, 2.24) is 9.80 Å². The van der Waals surface area contributed by atoms with Crippen molar-refractivity contribution in [2.75, 3.05) is 38.2 Å². The summed E-state index contributed by atoms with van der Waals surface area (Å²) < 4.78 is 5.07. The summed E-state index contributed by atoms with van der Waals surface area (Å²) in [7, 11) is 0. The molecule has 0 unspecified atom stereocenters. The molecule has 2 amide bonds. The summed E-state index contributed by atoms with van der Waals surface area (Å²) in [4.78, 5) is 27.4. The molecule has 6 heteroatoms. The lowest BCUT2D eigenvalue weighted by Gasteiger charge is -2.39. The fourth-order valence-corrected chi connectivity index (χ4v) is 3.05. The van der Waals surface area contributed by atoms with E-state index in [-0.39, 0.29) is 18.0 Å². The molecule has 0 aliphatic carbocycles. The van der Waals surface area contributed by atoms with Crippen molar-refractivity contribution in [1.29, 1.82) is 0 Å². The number of hydrogen-bond donors (Lipinski definition) is 0. The Labute approximate surface area is 118 Å². The molecule has 2 aliphatic heterocycles. The molecule has 0 N–H and O–H groups in total. The molecule has 2 aliphatic rings. The largest absolute Gasteiger partial charge is 0.449 e. The van der Waals surface area contributed by atoms with Crippen LogP contribution >= 0.6 is 11.8 Å². The van der Waals surface area contributed by atoms with Crippen molar-refractivity contribution in [3.8, 4) is 0 Å². The minimum Gasteiger partial charge on any atom is -0.449 e. The fourth-order valence-electron chi connectivity index (χ4n) is 2.67. The van der Waals surface area contributed by atoms with Crippen molar-refractivity contribution >= 4 is 23.8 Å². The summed E-state index contributed by atoms with van der Waals surface area (Å²) in [6, 6.07) is 0.248. The summed E-state index contributed by atoms with van der Waals surface area (Å²) in [5, 5.41) is 0. The number of nitrogens with zero attached hydrogens (tertiary/aromatic N) is 2. The molecule has 19 heavy (non-hydrogen) atoms. The van der Waals surface area contributed by atoms with Gasteiger partial charge in [-0.1, -0.05) is 0 Å². The Morgan fingerprint density at radius 1 is 1.37 bits per heavy atom. The Morgan fingerprint density at radius 2 is 2.11 bits per heavy atom. The molecule has 0 aromatic heterocycles. The van der Waals surface area contributed by atoms with Gasteiger partial charge in [-0.3, -0.25) is 4.79 Å². The van der Waals surface area contributed by atoms with E-state index in [1.165, 1.54) is 0 Å². The van der Waals surface area contributed by atoms with Crippen LogP contribution in [0.25, 0.3) is 0 Å². The Balaban J connectivity index is 1.78. The SMILES string of the molecule is CSCCC(=O)N1CCC(N2CCCOC2=O)CC1. The molecule has 2 rings (SSSR count). The number of carbonyl (C=O) groups excluding carboxylic acids is 2. The Kier molecular flexibility index (Phi) is 5.36. The lowest BCUT2D eigenvalue weighted by molar-refractivity contribution is -0.132. The second-order valence-corrected chi connectivity index (χ2v) is 6.00. The first kappa shape index (κ1) is 14.5. The third kappa shape index (κ3) is 3.78. The maximum absolute atomic E-state index is 11.9. The fraction of sp³-hybridized carbons (Fsp3) is 0.846. The number of piperidine rings is 1. The first-order valence-corrected chi connectivity index (χ1v) is 8.32. The van der Waals surface area contributed by atoms with Gasteiger partial charge in [-0.2, -0.15) is 11.8 Å². The minimum absolute atomic E-state index is 0.182. The highest BCUT2D eigenvalue weighted by atomic mass is 32.2. The third-order valence-corrected chi connectivity index (χ3v) is 4.39. The van der Waals surface area contributed by atoms with Crippen LogP contribution < -0.4 is 0 Å². The average molecular weight is 286 g/mol. The van der Waals surface area contributed by atoms with E-state index in [2.05, 4.69) is 0 Å². The lowest BCUT2D eigenvalue weighted by atomic mass is 10.0. The summed E-state index contributed by atoms with van der Waals surface area (Å²) in [6.45, 7) is 2.87. The van der Waals surface area contributed by atoms with Crippen LogP contribution in [0.15, 0.2) is 0 Å². The molecule has 5 nitrogen and oxygen atoms in total. The van der Waals surface area contributed by atoms with Gasteiger partial charge in [0, 0.05) is 37.8 Å². The number of carbonyl (C=O) groups is 2. The van der Waals surface area contributed by atoms with E-state index in [9.17, 15) is 9.59 Å². The average Bonchev–Trinajstić information content (AvgIpc) is 2.45. The van der Waals surface area contributed by atoms with E-state index in [1.807, 2.05) is 16.1 Å². The molecule has 0 radical (unpaired) electrons. The second kappa shape index (κ2) is 7.03. The van der Waals surface area contributed by atoms with Gasteiger partial charge in [0.1, 0.15) is 0 Å². The zero-order valence-corrected chi connectivity index (χ0v) is 12.3. The minimum atomic E-state index is -0.182. The third-order valence-electron chi connectivity index (χ3n) is 3.78. The Hall–Kier alpha value is -0.910. The van der Waals surface area contributed by atoms with Crippen LogP contribution in [-0.2, 0) is 9.53 Å². The van der Waals surface area contributed by atoms with Gasteiger partial charge in [0.25, 0.3) is 0 Å². The Bertz CT molecular complexity index is 330. The number of rotatable bonds is 4. The van der Waals surface area contributed by atoms with Crippen molar-refractivity contribution in [3.05, 3.63) is 0 Å². The quantitative estimate of drug-likeness (QED) is 0.787. The topological polar surface area (TPSA) is 49.9 Å². The maximum atomic E-state index is 11.9. The highest BCUT2D eigenvalue weighted by Crippen LogP contribution is 2.20. The molecule has 0 spiro atoms. The van der Waals surface area contributed by atoms with Gasteiger partial charge in [0.05, 0.1) is 6.61 Å². The van der Waals surface area contributed by atoms with E-state index in [4.69, 9.17) is 4.74 Å². The molecule has 0 saturated carbocycles. The molecule has 0 atom stereocenters. The summed E-state index contributed by atoms with van der Waals surface area (Å²) in [6.07, 6.45) is 5.12. The van der Waals surface area contributed by atoms with Crippen LogP contribution in [0.5, 0.6) is 0 Å². The summed E-state index contributed by atoms with van der Waals surface area (Å²) in [5.74, 6) is 1.13. The highest BCUT2D eigenvalue weighted by molar-refractivity contribution is 7.98. The lowest BCUT2D eigenvalue weighted by Crippen LogP contribution is -2.50. The van der Waals surface area contributed by atoms with Gasteiger partial charge in [-0.25, -0.2) is 4.79 Å². The molecular formula is C13H22N2O3S.